The standard InChI is InChI=1S/C12H17N3O4/c1-2-19-12(18)10(14-7-16)11(17)9-5-13-6-15(9)8-3-4-8/h5-8,10-11,17H,2-4H2,1H3,(H,14,16). The first-order valence-electron chi connectivity index (χ1n) is 6.25. The van der Waals surface area contributed by atoms with Crippen molar-refractivity contribution < 1.29 is 19.4 Å². The molecule has 0 aliphatic heterocycles. The molecule has 2 atom stereocenters. The number of carbonyl (C=O) groups excluding carboxylic acids is 2. The Hall–Kier alpha value is -1.89. The van der Waals surface area contributed by atoms with Crippen LogP contribution in [-0.2, 0) is 14.3 Å². The molecule has 2 N–H and O–H groups in total. The van der Waals surface area contributed by atoms with Gasteiger partial charge in [0.25, 0.3) is 0 Å². The quantitative estimate of drug-likeness (QED) is 0.533. The summed E-state index contributed by atoms with van der Waals surface area (Å²) in [5.74, 6) is -0.661. The van der Waals surface area contributed by atoms with Crippen molar-refractivity contribution in [2.45, 2.75) is 38.0 Å². The Kier molecular flexibility index (Phi) is 4.16. The molecule has 2 rings (SSSR count). The zero-order valence-electron chi connectivity index (χ0n) is 10.7. The van der Waals surface area contributed by atoms with Crippen molar-refractivity contribution in [1.82, 2.24) is 14.9 Å². The Bertz CT molecular complexity index is 456. The Morgan fingerprint density at radius 1 is 1.74 bits per heavy atom. The van der Waals surface area contributed by atoms with Crippen LogP contribution in [0, 0.1) is 0 Å². The number of nitrogens with one attached hydrogen (secondary N) is 1. The third-order valence-corrected chi connectivity index (χ3v) is 3.04. The average molecular weight is 267 g/mol. The van der Waals surface area contributed by atoms with Gasteiger partial charge in [0.15, 0.2) is 6.04 Å². The van der Waals surface area contributed by atoms with Crippen molar-refractivity contribution >= 4 is 12.4 Å². The fraction of sp³-hybridized carbons (Fsp3) is 0.583. The van der Waals surface area contributed by atoms with Gasteiger partial charge >= 0.3 is 5.97 Å². The summed E-state index contributed by atoms with van der Waals surface area (Å²) < 4.78 is 6.68. The van der Waals surface area contributed by atoms with E-state index in [4.69, 9.17) is 4.74 Å². The van der Waals surface area contributed by atoms with E-state index in [0.29, 0.717) is 18.1 Å². The first-order valence-corrected chi connectivity index (χ1v) is 6.25. The van der Waals surface area contributed by atoms with Gasteiger partial charge in [0.05, 0.1) is 24.8 Å². The molecule has 1 aromatic rings. The van der Waals surface area contributed by atoms with Gasteiger partial charge in [0.1, 0.15) is 6.10 Å². The summed E-state index contributed by atoms with van der Waals surface area (Å²) in [4.78, 5) is 26.3. The van der Waals surface area contributed by atoms with Crippen molar-refractivity contribution in [2.75, 3.05) is 6.61 Å². The normalized spacial score (nSPS) is 17.6. The number of carbonyl (C=O) groups is 2. The lowest BCUT2D eigenvalue weighted by Gasteiger charge is -2.21. The zero-order chi connectivity index (χ0) is 13.8. The minimum atomic E-state index is -1.17. The van der Waals surface area contributed by atoms with Crippen LogP contribution in [0.5, 0.6) is 0 Å². The molecule has 0 bridgehead atoms. The Morgan fingerprint density at radius 2 is 2.47 bits per heavy atom. The molecular weight excluding hydrogens is 250 g/mol. The predicted molar refractivity (Wildman–Crippen MR) is 65.1 cm³/mol. The molecule has 1 aromatic heterocycles. The Balaban J connectivity index is 2.17. The summed E-state index contributed by atoms with van der Waals surface area (Å²) >= 11 is 0. The van der Waals surface area contributed by atoms with Gasteiger partial charge in [-0.15, -0.1) is 0 Å². The third-order valence-electron chi connectivity index (χ3n) is 3.04. The van der Waals surface area contributed by atoms with Crippen LogP contribution in [0.25, 0.3) is 0 Å². The van der Waals surface area contributed by atoms with Gasteiger partial charge in [-0.1, -0.05) is 0 Å². The number of nitrogens with zero attached hydrogens (tertiary/aromatic N) is 2. The smallest absolute Gasteiger partial charge is 0.331 e. The lowest BCUT2D eigenvalue weighted by Crippen LogP contribution is -2.42. The summed E-state index contributed by atoms with van der Waals surface area (Å²) in [7, 11) is 0. The van der Waals surface area contributed by atoms with Gasteiger partial charge in [-0.2, -0.15) is 0 Å². The van der Waals surface area contributed by atoms with E-state index in [1.54, 1.807) is 13.3 Å². The number of esters is 1. The van der Waals surface area contributed by atoms with Crippen LogP contribution in [0.2, 0.25) is 0 Å². The van der Waals surface area contributed by atoms with E-state index in [-0.39, 0.29) is 6.61 Å². The number of rotatable bonds is 7. The molecule has 2 unspecified atom stereocenters. The van der Waals surface area contributed by atoms with Crippen LogP contribution < -0.4 is 5.32 Å². The second-order valence-corrected chi connectivity index (χ2v) is 4.42. The lowest BCUT2D eigenvalue weighted by molar-refractivity contribution is -0.150. The Morgan fingerprint density at radius 3 is 3.05 bits per heavy atom. The van der Waals surface area contributed by atoms with Gasteiger partial charge in [-0.25, -0.2) is 9.78 Å². The monoisotopic (exact) mass is 267 g/mol. The number of hydrogen-bond donors (Lipinski definition) is 2. The molecule has 0 radical (unpaired) electrons. The van der Waals surface area contributed by atoms with E-state index in [0.717, 1.165) is 12.8 Å². The third kappa shape index (κ3) is 2.93. The maximum absolute atomic E-state index is 11.7. The van der Waals surface area contributed by atoms with E-state index >= 15 is 0 Å². The number of amides is 1. The first-order chi connectivity index (χ1) is 9.19. The molecule has 1 aliphatic rings. The van der Waals surface area contributed by atoms with E-state index in [9.17, 15) is 14.7 Å². The van der Waals surface area contributed by atoms with Crippen LogP contribution >= 0.6 is 0 Å². The van der Waals surface area contributed by atoms with Gasteiger partial charge in [-0.3, -0.25) is 4.79 Å². The van der Waals surface area contributed by atoms with Crippen LogP contribution in [0.1, 0.15) is 37.6 Å². The maximum Gasteiger partial charge on any atom is 0.331 e. The number of aliphatic hydroxyl groups is 1. The van der Waals surface area contributed by atoms with E-state index in [1.165, 1.54) is 6.20 Å². The fourth-order valence-corrected chi connectivity index (χ4v) is 1.97. The molecule has 104 valence electrons. The minimum absolute atomic E-state index is 0.185. The molecule has 1 aliphatic carbocycles. The lowest BCUT2D eigenvalue weighted by atomic mass is 10.1. The van der Waals surface area contributed by atoms with Gasteiger partial charge in [-0.05, 0) is 19.8 Å². The number of aromatic nitrogens is 2. The second-order valence-electron chi connectivity index (χ2n) is 4.42. The molecule has 1 heterocycles. The molecule has 1 amide bonds. The summed E-state index contributed by atoms with van der Waals surface area (Å²) in [5, 5.41) is 12.6. The number of aliphatic hydroxyl groups excluding tert-OH is 1. The van der Waals surface area contributed by atoms with Crippen molar-refractivity contribution in [3.8, 4) is 0 Å². The minimum Gasteiger partial charge on any atom is -0.464 e. The summed E-state index contributed by atoms with van der Waals surface area (Å²) in [6, 6.07) is -0.794. The number of hydrogen-bond acceptors (Lipinski definition) is 5. The summed E-state index contributed by atoms with van der Waals surface area (Å²) in [6.45, 7) is 1.85. The van der Waals surface area contributed by atoms with Crippen molar-refractivity contribution in [3.05, 3.63) is 18.2 Å². The van der Waals surface area contributed by atoms with E-state index in [1.807, 2.05) is 4.57 Å². The molecule has 7 nitrogen and oxygen atoms in total. The van der Waals surface area contributed by atoms with Crippen molar-refractivity contribution in [3.63, 3.8) is 0 Å². The fourth-order valence-electron chi connectivity index (χ4n) is 1.97. The highest BCUT2D eigenvalue weighted by molar-refractivity contribution is 5.79. The Labute approximate surface area is 110 Å². The molecule has 19 heavy (non-hydrogen) atoms. The maximum atomic E-state index is 11.7. The molecular formula is C12H17N3O4. The largest absolute Gasteiger partial charge is 0.464 e. The summed E-state index contributed by atoms with van der Waals surface area (Å²) in [6.07, 6.45) is 4.39. The molecule has 7 heteroatoms. The van der Waals surface area contributed by atoms with Gasteiger partial charge in [0.2, 0.25) is 6.41 Å². The number of ether oxygens (including phenoxy) is 1. The molecule has 1 fully saturated rings. The first kappa shape index (κ1) is 13.5. The van der Waals surface area contributed by atoms with Crippen molar-refractivity contribution in [1.29, 1.82) is 0 Å². The van der Waals surface area contributed by atoms with Crippen molar-refractivity contribution in [2.24, 2.45) is 0 Å². The van der Waals surface area contributed by atoms with Gasteiger partial charge < -0.3 is 19.7 Å². The molecule has 0 spiro atoms. The highest BCUT2D eigenvalue weighted by Crippen LogP contribution is 2.37. The highest BCUT2D eigenvalue weighted by atomic mass is 16.5. The molecule has 0 aromatic carbocycles. The predicted octanol–water partition coefficient (Wildman–Crippen LogP) is -0.0709. The van der Waals surface area contributed by atoms with Crippen LogP contribution in [0.15, 0.2) is 12.5 Å². The molecule has 0 saturated heterocycles. The van der Waals surface area contributed by atoms with Gasteiger partial charge in [0, 0.05) is 6.04 Å². The highest BCUT2D eigenvalue weighted by Gasteiger charge is 2.34. The second kappa shape index (κ2) is 5.83. The van der Waals surface area contributed by atoms with Crippen LogP contribution in [0.3, 0.4) is 0 Å². The molecule has 1 saturated carbocycles. The number of imidazole rings is 1. The van der Waals surface area contributed by atoms with E-state index in [2.05, 4.69) is 10.3 Å². The SMILES string of the molecule is CCOC(=O)C(NC=O)C(O)c1cncn1C1CC1. The zero-order valence-corrected chi connectivity index (χ0v) is 10.7. The van der Waals surface area contributed by atoms with Crippen LogP contribution in [0.4, 0.5) is 0 Å². The van der Waals surface area contributed by atoms with E-state index < -0.39 is 18.1 Å². The topological polar surface area (TPSA) is 93.4 Å². The van der Waals surface area contributed by atoms with Crippen LogP contribution in [-0.4, -0.2) is 39.7 Å². The average Bonchev–Trinajstić information content (AvgIpc) is 3.13. The summed E-state index contributed by atoms with van der Waals surface area (Å²) in [5.41, 5.74) is 0.509.